The Kier molecular flexibility index (Phi) is 3.48. The third-order valence-corrected chi connectivity index (χ3v) is 2.79. The van der Waals surface area contributed by atoms with Crippen molar-refractivity contribution in [3.8, 4) is 0 Å². The van der Waals surface area contributed by atoms with Crippen molar-refractivity contribution in [3.05, 3.63) is 52.2 Å². The number of furan rings is 1. The fraction of sp³-hybridized carbons (Fsp3) is 0.0909. The van der Waals surface area contributed by atoms with Crippen LogP contribution in [0.5, 0.6) is 0 Å². The van der Waals surface area contributed by atoms with Gasteiger partial charge in [-0.2, -0.15) is 0 Å². The van der Waals surface area contributed by atoms with Crippen LogP contribution >= 0.6 is 15.9 Å². The highest BCUT2D eigenvalue weighted by Gasteiger charge is 2.19. The zero-order valence-electron chi connectivity index (χ0n) is 8.43. The van der Waals surface area contributed by atoms with Crippen molar-refractivity contribution < 1.29 is 14.5 Å². The van der Waals surface area contributed by atoms with Crippen molar-refractivity contribution in [3.63, 3.8) is 0 Å². The fourth-order valence-corrected chi connectivity index (χ4v) is 2.03. The van der Waals surface area contributed by atoms with Crippen LogP contribution in [-0.2, 0) is 6.42 Å². The largest absolute Gasteiger partial charge is 0.526 e. The van der Waals surface area contributed by atoms with Crippen LogP contribution in [-0.4, -0.2) is 17.2 Å². The highest BCUT2D eigenvalue weighted by atomic mass is 79.9. The minimum Gasteiger partial charge on any atom is -0.473 e. The molecule has 0 fully saturated rings. The third-order valence-electron chi connectivity index (χ3n) is 2.30. The quantitative estimate of drug-likeness (QED) is 0.834. The predicted octanol–water partition coefficient (Wildman–Crippen LogP) is 1.31. The van der Waals surface area contributed by atoms with Crippen molar-refractivity contribution in [1.29, 1.82) is 0 Å². The molecule has 0 unspecified atom stereocenters. The molecule has 0 saturated heterocycles. The van der Waals surface area contributed by atoms with Crippen molar-refractivity contribution in [2.45, 2.75) is 6.42 Å². The first-order valence-electron chi connectivity index (χ1n) is 4.83. The second-order valence-electron chi connectivity index (χ2n) is 3.49. The van der Waals surface area contributed by atoms with E-state index in [4.69, 9.17) is 14.5 Å². The second-order valence-corrected chi connectivity index (χ2v) is 4.41. The minimum atomic E-state index is -1.56. The van der Waals surface area contributed by atoms with Gasteiger partial charge in [0.05, 0.1) is 6.26 Å². The minimum absolute atomic E-state index is 0.208. The van der Waals surface area contributed by atoms with Crippen LogP contribution in [0.25, 0.3) is 0 Å². The summed E-state index contributed by atoms with van der Waals surface area (Å²) in [5.41, 5.74) is 2.07. The van der Waals surface area contributed by atoms with E-state index in [-0.39, 0.29) is 5.66 Å². The molecule has 0 aliphatic carbocycles. The molecule has 3 nitrogen and oxygen atoms in total. The standard InChI is InChI=1S/C11H10BBrO3/c13-10-3-1-2-8(7-10)6-9-4-5-16-11(9)12(14)15/h1-5,7,14-15H,6H2. The van der Waals surface area contributed by atoms with E-state index in [0.717, 1.165) is 15.6 Å². The van der Waals surface area contributed by atoms with E-state index in [1.807, 2.05) is 24.3 Å². The Hall–Kier alpha value is -1.04. The number of hydrogen-bond acceptors (Lipinski definition) is 3. The first-order chi connectivity index (χ1) is 7.66. The van der Waals surface area contributed by atoms with E-state index in [2.05, 4.69) is 15.9 Å². The Morgan fingerprint density at radius 3 is 2.75 bits per heavy atom. The molecule has 2 N–H and O–H groups in total. The maximum Gasteiger partial charge on any atom is 0.526 e. The summed E-state index contributed by atoms with van der Waals surface area (Å²) in [7, 11) is -1.56. The molecule has 2 aromatic rings. The normalized spacial score (nSPS) is 10.4. The van der Waals surface area contributed by atoms with Gasteiger partial charge in [-0.15, -0.1) is 0 Å². The lowest BCUT2D eigenvalue weighted by Crippen LogP contribution is -2.31. The zero-order valence-corrected chi connectivity index (χ0v) is 10.0. The van der Waals surface area contributed by atoms with Gasteiger partial charge in [0.15, 0.2) is 0 Å². The molecule has 82 valence electrons. The van der Waals surface area contributed by atoms with Gasteiger partial charge in [-0.1, -0.05) is 28.1 Å². The van der Waals surface area contributed by atoms with Crippen LogP contribution in [0.1, 0.15) is 11.1 Å². The lowest BCUT2D eigenvalue weighted by molar-refractivity contribution is 0.409. The van der Waals surface area contributed by atoms with Gasteiger partial charge in [0, 0.05) is 10.9 Å². The molecule has 0 radical (unpaired) electrons. The van der Waals surface area contributed by atoms with Crippen LogP contribution in [0.2, 0.25) is 0 Å². The summed E-state index contributed by atoms with van der Waals surface area (Å²) in [6, 6.07) is 9.59. The predicted molar refractivity (Wildman–Crippen MR) is 65.5 cm³/mol. The molecule has 0 amide bonds. The lowest BCUT2D eigenvalue weighted by Gasteiger charge is -2.02. The number of halogens is 1. The van der Waals surface area contributed by atoms with E-state index >= 15 is 0 Å². The molecule has 0 atom stereocenters. The number of rotatable bonds is 3. The molecule has 2 rings (SSSR count). The van der Waals surface area contributed by atoms with Crippen molar-refractivity contribution >= 4 is 28.7 Å². The molecule has 0 aliphatic rings. The van der Waals surface area contributed by atoms with Gasteiger partial charge in [-0.25, -0.2) is 0 Å². The Morgan fingerprint density at radius 2 is 2.06 bits per heavy atom. The second kappa shape index (κ2) is 4.87. The lowest BCUT2D eigenvalue weighted by atomic mass is 9.83. The monoisotopic (exact) mass is 280 g/mol. The summed E-state index contributed by atoms with van der Waals surface area (Å²) in [6.07, 6.45) is 2.07. The molecule has 0 bridgehead atoms. The molecule has 16 heavy (non-hydrogen) atoms. The van der Waals surface area contributed by atoms with Gasteiger partial charge in [0.2, 0.25) is 0 Å². The Labute approximate surface area is 102 Å². The van der Waals surface area contributed by atoms with Gasteiger partial charge < -0.3 is 14.5 Å². The number of hydrogen-bond donors (Lipinski definition) is 2. The average Bonchev–Trinajstić information content (AvgIpc) is 2.66. The Morgan fingerprint density at radius 1 is 1.25 bits per heavy atom. The van der Waals surface area contributed by atoms with Gasteiger partial charge >= 0.3 is 7.12 Å². The molecule has 0 saturated carbocycles. The molecule has 1 heterocycles. The summed E-state index contributed by atoms with van der Waals surface area (Å²) in [5.74, 6) is 0. The SMILES string of the molecule is OB(O)c1occc1Cc1cccc(Br)c1. The average molecular weight is 281 g/mol. The summed E-state index contributed by atoms with van der Waals surface area (Å²) < 4.78 is 6.02. The molecular weight excluding hydrogens is 271 g/mol. The molecule has 0 aliphatic heterocycles. The maximum absolute atomic E-state index is 9.08. The highest BCUT2D eigenvalue weighted by molar-refractivity contribution is 9.10. The van der Waals surface area contributed by atoms with E-state index in [9.17, 15) is 0 Å². The first kappa shape index (κ1) is 11.5. The van der Waals surface area contributed by atoms with E-state index < -0.39 is 7.12 Å². The van der Waals surface area contributed by atoms with Gasteiger partial charge in [-0.3, -0.25) is 0 Å². The Bertz CT molecular complexity index is 482. The van der Waals surface area contributed by atoms with Crippen LogP contribution < -0.4 is 5.66 Å². The van der Waals surface area contributed by atoms with Gasteiger partial charge in [0.1, 0.15) is 5.66 Å². The van der Waals surface area contributed by atoms with Crippen molar-refractivity contribution in [1.82, 2.24) is 0 Å². The van der Waals surface area contributed by atoms with Crippen LogP contribution in [0, 0.1) is 0 Å². The van der Waals surface area contributed by atoms with Crippen LogP contribution in [0.15, 0.2) is 45.5 Å². The number of benzene rings is 1. The van der Waals surface area contributed by atoms with Crippen LogP contribution in [0.4, 0.5) is 0 Å². The van der Waals surface area contributed by atoms with E-state index in [0.29, 0.717) is 6.42 Å². The summed E-state index contributed by atoms with van der Waals surface area (Å²) in [4.78, 5) is 0. The molecule has 0 spiro atoms. The third kappa shape index (κ3) is 2.55. The first-order valence-corrected chi connectivity index (χ1v) is 5.63. The molecule has 1 aromatic carbocycles. The van der Waals surface area contributed by atoms with Crippen LogP contribution in [0.3, 0.4) is 0 Å². The fourth-order valence-electron chi connectivity index (χ4n) is 1.59. The smallest absolute Gasteiger partial charge is 0.473 e. The summed E-state index contributed by atoms with van der Waals surface area (Å²) in [5, 5.41) is 18.2. The van der Waals surface area contributed by atoms with Crippen molar-refractivity contribution in [2.24, 2.45) is 0 Å². The molecular formula is C11H10BBrO3. The summed E-state index contributed by atoms with van der Waals surface area (Å²) >= 11 is 3.39. The highest BCUT2D eigenvalue weighted by Crippen LogP contribution is 2.15. The van der Waals surface area contributed by atoms with Gasteiger partial charge in [-0.05, 0) is 29.3 Å². The summed E-state index contributed by atoms with van der Waals surface area (Å²) in [6.45, 7) is 0. The molecule has 1 aromatic heterocycles. The zero-order chi connectivity index (χ0) is 11.5. The maximum atomic E-state index is 9.08. The molecule has 5 heteroatoms. The topological polar surface area (TPSA) is 53.6 Å². The Balaban J connectivity index is 2.24. The van der Waals surface area contributed by atoms with Crippen molar-refractivity contribution in [2.75, 3.05) is 0 Å². The van der Waals surface area contributed by atoms with E-state index in [1.54, 1.807) is 6.07 Å². The van der Waals surface area contributed by atoms with E-state index in [1.165, 1.54) is 6.26 Å². The van der Waals surface area contributed by atoms with Gasteiger partial charge in [0.25, 0.3) is 0 Å².